The summed E-state index contributed by atoms with van der Waals surface area (Å²) in [7, 11) is 0. The standard InChI is InChI=1S/C16H19NO2S/c1-3-14(15-9-6-10-20-15)17-13-8-5-7-12(11-13)16(18)19-4-2/h5-11,14,17H,3-4H2,1-2H3. The Morgan fingerprint density at radius 3 is 2.80 bits per heavy atom. The Morgan fingerprint density at radius 2 is 2.15 bits per heavy atom. The van der Waals surface area contributed by atoms with Crippen molar-refractivity contribution in [1.82, 2.24) is 0 Å². The van der Waals surface area contributed by atoms with Crippen molar-refractivity contribution in [1.29, 1.82) is 0 Å². The number of carbonyl (C=O) groups excluding carboxylic acids is 1. The second-order valence-corrected chi connectivity index (χ2v) is 5.40. The molecule has 0 saturated heterocycles. The third-order valence-corrected chi connectivity index (χ3v) is 4.00. The van der Waals surface area contributed by atoms with Gasteiger partial charge in [0.2, 0.25) is 0 Å². The molecule has 0 radical (unpaired) electrons. The molecule has 1 aromatic carbocycles. The molecule has 0 saturated carbocycles. The molecule has 1 N–H and O–H groups in total. The minimum atomic E-state index is -0.277. The Hall–Kier alpha value is -1.81. The van der Waals surface area contributed by atoms with Gasteiger partial charge < -0.3 is 10.1 Å². The van der Waals surface area contributed by atoms with Gasteiger partial charge in [0.25, 0.3) is 0 Å². The average Bonchev–Trinajstić information content (AvgIpc) is 2.99. The highest BCUT2D eigenvalue weighted by atomic mass is 32.1. The Kier molecular flexibility index (Phi) is 5.18. The lowest BCUT2D eigenvalue weighted by Crippen LogP contribution is -2.09. The summed E-state index contributed by atoms with van der Waals surface area (Å²) in [6.45, 7) is 4.35. The van der Waals surface area contributed by atoms with Crippen molar-refractivity contribution in [2.45, 2.75) is 26.3 Å². The summed E-state index contributed by atoms with van der Waals surface area (Å²) in [6, 6.07) is 11.9. The number of hydrogen-bond donors (Lipinski definition) is 1. The lowest BCUT2D eigenvalue weighted by Gasteiger charge is -2.17. The second kappa shape index (κ2) is 7.10. The number of ether oxygens (including phenoxy) is 1. The minimum Gasteiger partial charge on any atom is -0.462 e. The summed E-state index contributed by atoms with van der Waals surface area (Å²) < 4.78 is 5.02. The lowest BCUT2D eigenvalue weighted by atomic mass is 10.1. The van der Waals surface area contributed by atoms with Crippen molar-refractivity contribution >= 4 is 23.0 Å². The predicted molar refractivity (Wildman–Crippen MR) is 83.4 cm³/mol. The summed E-state index contributed by atoms with van der Waals surface area (Å²) in [5, 5.41) is 5.55. The third-order valence-electron chi connectivity index (χ3n) is 3.01. The molecule has 3 nitrogen and oxygen atoms in total. The largest absolute Gasteiger partial charge is 0.462 e. The molecule has 1 atom stereocenters. The van der Waals surface area contributed by atoms with Crippen molar-refractivity contribution in [2.75, 3.05) is 11.9 Å². The molecule has 0 fully saturated rings. The van der Waals surface area contributed by atoms with Gasteiger partial charge in [0.15, 0.2) is 0 Å². The van der Waals surface area contributed by atoms with Gasteiger partial charge in [-0.2, -0.15) is 0 Å². The highest BCUT2D eigenvalue weighted by Gasteiger charge is 2.12. The van der Waals surface area contributed by atoms with Crippen LogP contribution in [0.2, 0.25) is 0 Å². The number of carbonyl (C=O) groups is 1. The molecule has 1 heterocycles. The first-order valence-electron chi connectivity index (χ1n) is 6.81. The summed E-state index contributed by atoms with van der Waals surface area (Å²) in [5.41, 5.74) is 1.52. The second-order valence-electron chi connectivity index (χ2n) is 4.42. The van der Waals surface area contributed by atoms with E-state index in [1.807, 2.05) is 25.1 Å². The number of rotatable bonds is 6. The van der Waals surface area contributed by atoms with Crippen LogP contribution in [0.25, 0.3) is 0 Å². The van der Waals surface area contributed by atoms with Crippen LogP contribution in [0, 0.1) is 0 Å². The van der Waals surface area contributed by atoms with Crippen molar-refractivity contribution in [2.24, 2.45) is 0 Å². The first-order valence-corrected chi connectivity index (χ1v) is 7.69. The van der Waals surface area contributed by atoms with E-state index in [4.69, 9.17) is 4.74 Å². The van der Waals surface area contributed by atoms with Gasteiger partial charge in [-0.25, -0.2) is 4.79 Å². The molecule has 2 aromatic rings. The molecule has 1 aromatic heterocycles. The van der Waals surface area contributed by atoms with Gasteiger partial charge in [-0.3, -0.25) is 0 Å². The van der Waals surface area contributed by atoms with Gasteiger partial charge in [-0.05, 0) is 43.0 Å². The Balaban J connectivity index is 2.13. The molecule has 106 valence electrons. The van der Waals surface area contributed by atoms with Gasteiger partial charge in [0.05, 0.1) is 18.2 Å². The summed E-state index contributed by atoms with van der Waals surface area (Å²) in [5.74, 6) is -0.277. The van der Waals surface area contributed by atoms with Crippen molar-refractivity contribution in [3.05, 3.63) is 52.2 Å². The quantitative estimate of drug-likeness (QED) is 0.796. The maximum absolute atomic E-state index is 11.7. The molecule has 0 aliphatic rings. The lowest BCUT2D eigenvalue weighted by molar-refractivity contribution is 0.0526. The van der Waals surface area contributed by atoms with Gasteiger partial charge in [0, 0.05) is 10.6 Å². The zero-order valence-corrected chi connectivity index (χ0v) is 12.6. The summed E-state index contributed by atoms with van der Waals surface area (Å²) in [6.07, 6.45) is 0.990. The maximum atomic E-state index is 11.7. The van der Waals surface area contributed by atoms with E-state index in [0.717, 1.165) is 12.1 Å². The van der Waals surface area contributed by atoms with Crippen molar-refractivity contribution in [3.8, 4) is 0 Å². The Labute approximate surface area is 123 Å². The van der Waals surface area contributed by atoms with E-state index >= 15 is 0 Å². The van der Waals surface area contributed by atoms with Crippen LogP contribution >= 0.6 is 11.3 Å². The maximum Gasteiger partial charge on any atom is 0.338 e. The molecule has 1 unspecified atom stereocenters. The van der Waals surface area contributed by atoms with Crippen LogP contribution in [-0.2, 0) is 4.74 Å². The monoisotopic (exact) mass is 289 g/mol. The van der Waals surface area contributed by atoms with Gasteiger partial charge in [-0.1, -0.05) is 19.1 Å². The molecule has 20 heavy (non-hydrogen) atoms. The number of esters is 1. The number of hydrogen-bond acceptors (Lipinski definition) is 4. The van der Waals surface area contributed by atoms with E-state index in [0.29, 0.717) is 12.2 Å². The van der Waals surface area contributed by atoms with E-state index in [9.17, 15) is 4.79 Å². The fourth-order valence-corrected chi connectivity index (χ4v) is 2.88. The molecular weight excluding hydrogens is 270 g/mol. The molecule has 0 amide bonds. The predicted octanol–water partition coefficient (Wildman–Crippen LogP) is 4.49. The van der Waals surface area contributed by atoms with Crippen LogP contribution in [0.5, 0.6) is 0 Å². The van der Waals surface area contributed by atoms with Gasteiger partial charge in [-0.15, -0.1) is 11.3 Å². The van der Waals surface area contributed by atoms with Crippen LogP contribution in [0.1, 0.15) is 41.5 Å². The fraction of sp³-hybridized carbons (Fsp3) is 0.312. The molecular formula is C16H19NO2S. The summed E-state index contributed by atoms with van der Waals surface area (Å²) in [4.78, 5) is 13.0. The van der Waals surface area contributed by atoms with Crippen LogP contribution in [0.3, 0.4) is 0 Å². The van der Waals surface area contributed by atoms with Crippen LogP contribution < -0.4 is 5.32 Å². The molecule has 0 bridgehead atoms. The van der Waals surface area contributed by atoms with E-state index in [1.54, 1.807) is 17.4 Å². The van der Waals surface area contributed by atoms with Crippen LogP contribution in [-0.4, -0.2) is 12.6 Å². The molecule has 0 aliphatic heterocycles. The SMILES string of the molecule is CCOC(=O)c1cccc(NC(CC)c2cccs2)c1. The number of anilines is 1. The highest BCUT2D eigenvalue weighted by molar-refractivity contribution is 7.10. The Bertz CT molecular complexity index is 551. The molecule has 4 heteroatoms. The van der Waals surface area contributed by atoms with E-state index in [1.165, 1.54) is 4.88 Å². The first-order chi connectivity index (χ1) is 9.74. The van der Waals surface area contributed by atoms with Gasteiger partial charge >= 0.3 is 5.97 Å². The van der Waals surface area contributed by atoms with Crippen molar-refractivity contribution < 1.29 is 9.53 Å². The fourth-order valence-electron chi connectivity index (χ4n) is 2.02. The van der Waals surface area contributed by atoms with Crippen LogP contribution in [0.15, 0.2) is 41.8 Å². The number of nitrogens with one attached hydrogen (secondary N) is 1. The Morgan fingerprint density at radius 1 is 1.30 bits per heavy atom. The molecule has 0 spiro atoms. The molecule has 0 aliphatic carbocycles. The zero-order chi connectivity index (χ0) is 14.4. The van der Waals surface area contributed by atoms with E-state index < -0.39 is 0 Å². The van der Waals surface area contributed by atoms with Crippen LogP contribution in [0.4, 0.5) is 5.69 Å². The van der Waals surface area contributed by atoms with Gasteiger partial charge in [0.1, 0.15) is 0 Å². The highest BCUT2D eigenvalue weighted by Crippen LogP contribution is 2.26. The number of benzene rings is 1. The smallest absolute Gasteiger partial charge is 0.338 e. The van der Waals surface area contributed by atoms with Crippen molar-refractivity contribution in [3.63, 3.8) is 0 Å². The third kappa shape index (κ3) is 3.61. The van der Waals surface area contributed by atoms with E-state index in [-0.39, 0.29) is 12.0 Å². The minimum absolute atomic E-state index is 0.271. The normalized spacial score (nSPS) is 11.9. The zero-order valence-electron chi connectivity index (χ0n) is 11.8. The van der Waals surface area contributed by atoms with E-state index in [2.05, 4.69) is 29.8 Å². The number of thiophene rings is 1. The first kappa shape index (κ1) is 14.6. The molecule has 2 rings (SSSR count). The average molecular weight is 289 g/mol. The topological polar surface area (TPSA) is 38.3 Å². The summed E-state index contributed by atoms with van der Waals surface area (Å²) >= 11 is 1.74.